The molecule has 7 nitrogen and oxygen atoms in total. The van der Waals surface area contributed by atoms with Gasteiger partial charge in [0.25, 0.3) is 0 Å². The van der Waals surface area contributed by atoms with Crippen molar-refractivity contribution in [1.82, 2.24) is 9.97 Å². The van der Waals surface area contributed by atoms with E-state index in [1.54, 1.807) is 30.3 Å². The predicted octanol–water partition coefficient (Wildman–Crippen LogP) is 3.57. The Morgan fingerprint density at radius 3 is 2.40 bits per heavy atom. The first-order valence-corrected chi connectivity index (χ1v) is 7.46. The van der Waals surface area contributed by atoms with Gasteiger partial charge in [0.15, 0.2) is 11.5 Å². The molecule has 0 atom stereocenters. The Bertz CT molecular complexity index is 1120. The van der Waals surface area contributed by atoms with Crippen molar-refractivity contribution in [2.45, 2.75) is 0 Å². The molecule has 0 amide bonds. The van der Waals surface area contributed by atoms with Gasteiger partial charge in [0.05, 0.1) is 11.0 Å². The summed E-state index contributed by atoms with van der Waals surface area (Å²) in [7, 11) is 0. The molecule has 7 heteroatoms. The predicted molar refractivity (Wildman–Crippen MR) is 93.6 cm³/mol. The number of aromatic amines is 1. The number of nitrogens with one attached hydrogen (secondary N) is 2. The minimum Gasteiger partial charge on any atom is -0.508 e. The number of hydrogen-bond acceptors (Lipinski definition) is 5. The highest BCUT2D eigenvalue weighted by molar-refractivity contribution is 6.12. The first kappa shape index (κ1) is 14.8. The van der Waals surface area contributed by atoms with Crippen molar-refractivity contribution in [3.05, 3.63) is 54.2 Å². The second-order valence-electron chi connectivity index (χ2n) is 5.61. The van der Waals surface area contributed by atoms with Gasteiger partial charge in [-0.15, -0.1) is 0 Å². The summed E-state index contributed by atoms with van der Waals surface area (Å²) < 4.78 is 0. The molecule has 0 aliphatic carbocycles. The first-order valence-electron chi connectivity index (χ1n) is 7.46. The summed E-state index contributed by atoms with van der Waals surface area (Å²) in [6.45, 7) is 0. The molecule has 0 bridgehead atoms. The van der Waals surface area contributed by atoms with Crippen molar-refractivity contribution in [2.75, 3.05) is 5.32 Å². The molecule has 124 valence electrons. The van der Waals surface area contributed by atoms with Crippen LogP contribution in [0, 0.1) is 0 Å². The highest BCUT2D eigenvalue weighted by Gasteiger charge is 2.15. The van der Waals surface area contributed by atoms with Crippen LogP contribution in [0.4, 0.5) is 11.5 Å². The summed E-state index contributed by atoms with van der Waals surface area (Å²) in [5.41, 5.74) is 1.85. The molecule has 25 heavy (non-hydrogen) atoms. The maximum absolute atomic E-state index is 11.4. The summed E-state index contributed by atoms with van der Waals surface area (Å²) in [6, 6.07) is 12.7. The second kappa shape index (κ2) is 5.41. The number of aromatic nitrogens is 2. The molecule has 0 saturated heterocycles. The fourth-order valence-electron chi connectivity index (χ4n) is 2.77. The van der Waals surface area contributed by atoms with E-state index in [9.17, 15) is 20.1 Å². The van der Waals surface area contributed by atoms with E-state index >= 15 is 0 Å². The Hall–Kier alpha value is -3.74. The van der Waals surface area contributed by atoms with Crippen LogP contribution in [0.1, 0.15) is 10.5 Å². The normalized spacial score (nSPS) is 11.0. The number of hydrogen-bond donors (Lipinski definition) is 5. The molecule has 4 aromatic rings. The van der Waals surface area contributed by atoms with Crippen molar-refractivity contribution in [3.63, 3.8) is 0 Å². The molecule has 0 saturated carbocycles. The number of nitrogens with zero attached hydrogens (tertiary/aromatic N) is 1. The number of H-pyrrole nitrogens is 1. The average molecular weight is 335 g/mol. The number of rotatable bonds is 3. The summed E-state index contributed by atoms with van der Waals surface area (Å²) in [4.78, 5) is 18.8. The fraction of sp³-hybridized carbons (Fsp3) is 0. The molecule has 2 aromatic heterocycles. The van der Waals surface area contributed by atoms with Gasteiger partial charge in [0.2, 0.25) is 0 Å². The molecule has 2 aromatic carbocycles. The number of carbonyl (C=O) groups is 1. The van der Waals surface area contributed by atoms with Gasteiger partial charge in [-0.25, -0.2) is 9.78 Å². The lowest BCUT2D eigenvalue weighted by molar-refractivity contribution is 0.0691. The summed E-state index contributed by atoms with van der Waals surface area (Å²) in [6.07, 6.45) is 0. The maximum atomic E-state index is 11.4. The van der Waals surface area contributed by atoms with Gasteiger partial charge in [-0.2, -0.15) is 0 Å². The van der Waals surface area contributed by atoms with E-state index in [0.29, 0.717) is 27.9 Å². The van der Waals surface area contributed by atoms with Crippen LogP contribution < -0.4 is 5.32 Å². The van der Waals surface area contributed by atoms with E-state index in [1.807, 2.05) is 0 Å². The van der Waals surface area contributed by atoms with E-state index in [0.717, 1.165) is 5.39 Å². The third-order valence-corrected chi connectivity index (χ3v) is 3.92. The van der Waals surface area contributed by atoms with Crippen molar-refractivity contribution < 1.29 is 20.1 Å². The zero-order valence-corrected chi connectivity index (χ0v) is 12.8. The van der Waals surface area contributed by atoms with Crippen LogP contribution in [0.15, 0.2) is 48.5 Å². The topological polar surface area (TPSA) is 118 Å². The Labute approximate surface area is 141 Å². The van der Waals surface area contributed by atoms with Gasteiger partial charge in [-0.1, -0.05) is 0 Å². The minimum absolute atomic E-state index is 0.0947. The molecule has 0 aliphatic rings. The van der Waals surface area contributed by atoms with E-state index in [2.05, 4.69) is 15.3 Å². The number of fused-ring (bicyclic) bond motifs is 3. The Morgan fingerprint density at radius 2 is 1.68 bits per heavy atom. The molecule has 0 unspecified atom stereocenters. The molecule has 0 aliphatic heterocycles. The number of aromatic hydroxyl groups is 2. The zero-order valence-electron chi connectivity index (χ0n) is 12.8. The van der Waals surface area contributed by atoms with Crippen molar-refractivity contribution in [3.8, 4) is 11.5 Å². The van der Waals surface area contributed by atoms with E-state index in [1.165, 1.54) is 18.2 Å². The molecule has 0 fully saturated rings. The monoisotopic (exact) mass is 335 g/mol. The van der Waals surface area contributed by atoms with E-state index < -0.39 is 5.97 Å². The Morgan fingerprint density at radius 1 is 0.960 bits per heavy atom. The maximum Gasteiger partial charge on any atom is 0.354 e. The molecular weight excluding hydrogens is 322 g/mol. The van der Waals surface area contributed by atoms with Gasteiger partial charge < -0.3 is 25.6 Å². The average Bonchev–Trinajstić information content (AvgIpc) is 2.94. The molecule has 0 spiro atoms. The Kier molecular flexibility index (Phi) is 3.21. The number of carboxylic acids is 1. The van der Waals surface area contributed by atoms with Crippen LogP contribution in [-0.2, 0) is 0 Å². The smallest absolute Gasteiger partial charge is 0.354 e. The van der Waals surface area contributed by atoms with Crippen molar-refractivity contribution >= 4 is 39.3 Å². The SMILES string of the molecule is O=C(O)c1cc2c([nH]c3cc(O)ccc32)c(Nc2ccc(O)cc2)n1. The van der Waals surface area contributed by atoms with Crippen LogP contribution in [0.3, 0.4) is 0 Å². The third-order valence-electron chi connectivity index (χ3n) is 3.92. The highest BCUT2D eigenvalue weighted by atomic mass is 16.4. The fourth-order valence-corrected chi connectivity index (χ4v) is 2.77. The molecule has 0 radical (unpaired) electrons. The largest absolute Gasteiger partial charge is 0.508 e. The number of phenolic OH excluding ortho intramolecular Hbond substituents is 2. The summed E-state index contributed by atoms with van der Waals surface area (Å²) in [5, 5.41) is 32.9. The summed E-state index contributed by atoms with van der Waals surface area (Å²) in [5.74, 6) is -0.553. The van der Waals surface area contributed by atoms with Crippen LogP contribution >= 0.6 is 0 Å². The quantitative estimate of drug-likeness (QED) is 0.365. The Balaban J connectivity index is 1.95. The van der Waals surface area contributed by atoms with Gasteiger partial charge >= 0.3 is 5.97 Å². The lowest BCUT2D eigenvalue weighted by Gasteiger charge is -2.08. The molecular formula is C18H13N3O4. The highest BCUT2D eigenvalue weighted by Crippen LogP contribution is 2.33. The molecule has 5 N–H and O–H groups in total. The first-order chi connectivity index (χ1) is 12.0. The number of benzene rings is 2. The van der Waals surface area contributed by atoms with Crippen LogP contribution in [0.25, 0.3) is 21.8 Å². The van der Waals surface area contributed by atoms with Gasteiger partial charge in [0.1, 0.15) is 11.5 Å². The minimum atomic E-state index is -1.14. The van der Waals surface area contributed by atoms with Gasteiger partial charge in [-0.05, 0) is 42.5 Å². The van der Waals surface area contributed by atoms with E-state index in [4.69, 9.17) is 0 Å². The van der Waals surface area contributed by atoms with Crippen molar-refractivity contribution in [2.24, 2.45) is 0 Å². The van der Waals surface area contributed by atoms with Gasteiger partial charge in [-0.3, -0.25) is 0 Å². The lowest BCUT2D eigenvalue weighted by Crippen LogP contribution is -2.03. The lowest BCUT2D eigenvalue weighted by atomic mass is 10.1. The van der Waals surface area contributed by atoms with E-state index in [-0.39, 0.29) is 17.2 Å². The number of anilines is 2. The number of pyridine rings is 1. The zero-order chi connectivity index (χ0) is 17.6. The van der Waals surface area contributed by atoms with Crippen LogP contribution in [-0.4, -0.2) is 31.3 Å². The molecule has 2 heterocycles. The standard InChI is InChI=1S/C18H13N3O4/c22-10-3-1-9(2-4-10)19-17-16-13(8-15(21-17)18(24)25)12-6-5-11(23)7-14(12)20-16/h1-8,20,22-23H,(H,19,21)(H,24,25). The summed E-state index contributed by atoms with van der Waals surface area (Å²) >= 11 is 0. The van der Waals surface area contributed by atoms with Crippen LogP contribution in [0.2, 0.25) is 0 Å². The van der Waals surface area contributed by atoms with Gasteiger partial charge in [0, 0.05) is 22.5 Å². The van der Waals surface area contributed by atoms with Crippen molar-refractivity contribution in [1.29, 1.82) is 0 Å². The molecule has 4 rings (SSSR count). The second-order valence-corrected chi connectivity index (χ2v) is 5.61. The third kappa shape index (κ3) is 2.57. The number of aromatic carboxylic acids is 1. The number of phenols is 2. The number of carboxylic acid groups (broad SMARTS) is 1. The van der Waals surface area contributed by atoms with Crippen LogP contribution in [0.5, 0.6) is 11.5 Å².